The summed E-state index contributed by atoms with van der Waals surface area (Å²) in [5.41, 5.74) is 1.28. The average molecular weight is 549 g/mol. The molecule has 0 spiro atoms. The van der Waals surface area contributed by atoms with E-state index < -0.39 is 0 Å². The predicted molar refractivity (Wildman–Crippen MR) is 138 cm³/mol. The number of rotatable bonds is 8. The lowest BCUT2D eigenvalue weighted by atomic mass is 10.2. The molecule has 0 unspecified atom stereocenters. The molecule has 0 radical (unpaired) electrons. The number of hydrogen-bond acceptors (Lipinski definition) is 4. The molecule has 0 atom stereocenters. The van der Waals surface area contributed by atoms with Crippen LogP contribution in [-0.2, 0) is 26.7 Å². The number of para-hydroxylation sites is 1. The van der Waals surface area contributed by atoms with Gasteiger partial charge in [-0.3, -0.25) is 0 Å². The Morgan fingerprint density at radius 2 is 1.97 bits per heavy atom. The van der Waals surface area contributed by atoms with Crippen molar-refractivity contribution in [3.63, 3.8) is 0 Å². The van der Waals surface area contributed by atoms with Gasteiger partial charge >= 0.3 is 0 Å². The van der Waals surface area contributed by atoms with Crippen molar-refractivity contribution in [1.29, 1.82) is 0 Å². The summed E-state index contributed by atoms with van der Waals surface area (Å²) in [4.78, 5) is 6.00. The van der Waals surface area contributed by atoms with Crippen LogP contribution in [0.25, 0.3) is 10.9 Å². The lowest BCUT2D eigenvalue weighted by Crippen LogP contribution is -2.37. The number of nitrogens with zero attached hydrogens (tertiary/aromatic N) is 5. The Labute approximate surface area is 203 Å². The van der Waals surface area contributed by atoms with Gasteiger partial charge in [0, 0.05) is 36.7 Å². The summed E-state index contributed by atoms with van der Waals surface area (Å²) in [7, 11) is 1.97. The maximum atomic E-state index is 4.72. The highest BCUT2D eigenvalue weighted by molar-refractivity contribution is 14.0. The maximum absolute atomic E-state index is 4.72. The van der Waals surface area contributed by atoms with Crippen LogP contribution < -0.4 is 10.6 Å². The SMILES string of the molecule is Cc1nnc(CN=C(NCCCn2ccc3ccccc32)NCc2cccs2)n1C.I. The highest BCUT2D eigenvalue weighted by atomic mass is 127. The number of benzene rings is 1. The number of aryl methyl sites for hydroxylation is 2. The van der Waals surface area contributed by atoms with E-state index >= 15 is 0 Å². The van der Waals surface area contributed by atoms with E-state index in [0.29, 0.717) is 6.54 Å². The van der Waals surface area contributed by atoms with Gasteiger partial charge in [0.05, 0.1) is 6.54 Å². The molecule has 3 heterocycles. The zero-order valence-electron chi connectivity index (χ0n) is 17.8. The predicted octanol–water partition coefficient (Wildman–Crippen LogP) is 4.08. The van der Waals surface area contributed by atoms with Crippen molar-refractivity contribution in [3.05, 3.63) is 70.6 Å². The largest absolute Gasteiger partial charge is 0.356 e. The molecule has 3 aromatic heterocycles. The molecule has 7 nitrogen and oxygen atoms in total. The van der Waals surface area contributed by atoms with E-state index in [1.54, 1.807) is 11.3 Å². The molecular weight excluding hydrogens is 521 g/mol. The number of aromatic nitrogens is 4. The molecule has 4 aromatic rings. The first-order valence-corrected chi connectivity index (χ1v) is 11.0. The zero-order valence-corrected chi connectivity index (χ0v) is 20.9. The normalized spacial score (nSPS) is 11.5. The summed E-state index contributed by atoms with van der Waals surface area (Å²) >= 11 is 1.74. The third-order valence-electron chi connectivity index (χ3n) is 5.12. The van der Waals surface area contributed by atoms with E-state index in [9.17, 15) is 0 Å². The molecule has 31 heavy (non-hydrogen) atoms. The quantitative estimate of drug-likeness (QED) is 0.150. The van der Waals surface area contributed by atoms with Crippen molar-refractivity contribution in [2.75, 3.05) is 6.54 Å². The summed E-state index contributed by atoms with van der Waals surface area (Å²) in [5.74, 6) is 2.53. The molecule has 4 rings (SSSR count). The first kappa shape index (κ1) is 23.3. The number of aliphatic imine (C=N–C) groups is 1. The summed E-state index contributed by atoms with van der Waals surface area (Å²) < 4.78 is 4.27. The summed E-state index contributed by atoms with van der Waals surface area (Å²) in [6.07, 6.45) is 3.16. The van der Waals surface area contributed by atoms with E-state index in [4.69, 9.17) is 4.99 Å². The van der Waals surface area contributed by atoms with E-state index in [-0.39, 0.29) is 24.0 Å². The third-order valence-corrected chi connectivity index (χ3v) is 6.00. The standard InChI is InChI=1S/C22H27N7S.HI/c1-17-26-27-21(28(17)2)16-25-22(24-15-19-8-5-14-30-19)23-11-6-12-29-13-10-18-7-3-4-9-20(18)29;/h3-5,7-10,13-14H,6,11-12,15-16H2,1-2H3,(H2,23,24,25);1H. The molecule has 164 valence electrons. The Morgan fingerprint density at radius 3 is 2.74 bits per heavy atom. The van der Waals surface area contributed by atoms with Gasteiger partial charge in [-0.25, -0.2) is 4.99 Å². The summed E-state index contributed by atoms with van der Waals surface area (Å²) in [5, 5.41) is 18.6. The molecule has 0 bridgehead atoms. The Balaban J connectivity index is 0.00000272. The van der Waals surface area contributed by atoms with Crippen LogP contribution in [0.1, 0.15) is 22.9 Å². The first-order chi connectivity index (χ1) is 14.7. The van der Waals surface area contributed by atoms with Gasteiger partial charge in [0.25, 0.3) is 0 Å². The topological polar surface area (TPSA) is 72.1 Å². The van der Waals surface area contributed by atoms with Crippen LogP contribution in [0.4, 0.5) is 0 Å². The fourth-order valence-electron chi connectivity index (χ4n) is 3.29. The molecule has 2 N–H and O–H groups in total. The Bertz CT molecular complexity index is 1110. The van der Waals surface area contributed by atoms with Gasteiger partial charge in [-0.1, -0.05) is 24.3 Å². The Morgan fingerprint density at radius 1 is 1.10 bits per heavy atom. The van der Waals surface area contributed by atoms with Crippen LogP contribution in [0, 0.1) is 6.92 Å². The highest BCUT2D eigenvalue weighted by Gasteiger charge is 2.06. The zero-order chi connectivity index (χ0) is 20.8. The fourth-order valence-corrected chi connectivity index (χ4v) is 3.93. The van der Waals surface area contributed by atoms with Crippen molar-refractivity contribution in [2.24, 2.45) is 12.0 Å². The van der Waals surface area contributed by atoms with Crippen molar-refractivity contribution in [3.8, 4) is 0 Å². The van der Waals surface area contributed by atoms with Gasteiger partial charge in [0.1, 0.15) is 12.4 Å². The van der Waals surface area contributed by atoms with Crippen molar-refractivity contribution < 1.29 is 0 Å². The van der Waals surface area contributed by atoms with Gasteiger partial charge < -0.3 is 19.8 Å². The van der Waals surface area contributed by atoms with E-state index in [1.807, 2.05) is 18.5 Å². The van der Waals surface area contributed by atoms with Crippen LogP contribution in [-0.4, -0.2) is 31.8 Å². The minimum atomic E-state index is 0. The molecule has 9 heteroatoms. The lowest BCUT2D eigenvalue weighted by molar-refractivity contribution is 0.639. The molecule has 0 aliphatic carbocycles. The van der Waals surface area contributed by atoms with Crippen LogP contribution in [0.3, 0.4) is 0 Å². The van der Waals surface area contributed by atoms with Crippen LogP contribution in [0.15, 0.2) is 59.0 Å². The van der Waals surface area contributed by atoms with Gasteiger partial charge in [0.15, 0.2) is 11.8 Å². The summed E-state index contributed by atoms with van der Waals surface area (Å²) in [6.45, 7) is 4.98. The second-order valence-electron chi connectivity index (χ2n) is 7.17. The van der Waals surface area contributed by atoms with Gasteiger partial charge in [-0.15, -0.1) is 45.5 Å². The van der Waals surface area contributed by atoms with E-state index in [0.717, 1.165) is 43.7 Å². The summed E-state index contributed by atoms with van der Waals surface area (Å²) in [6, 6.07) is 14.8. The number of guanidine groups is 1. The maximum Gasteiger partial charge on any atom is 0.192 e. The number of thiophene rings is 1. The van der Waals surface area contributed by atoms with Crippen molar-refractivity contribution >= 4 is 52.2 Å². The number of nitrogens with one attached hydrogen (secondary N) is 2. The lowest BCUT2D eigenvalue weighted by Gasteiger charge is -2.13. The Kier molecular flexibility index (Phi) is 8.47. The van der Waals surface area contributed by atoms with E-state index in [2.05, 4.69) is 79.4 Å². The smallest absolute Gasteiger partial charge is 0.192 e. The van der Waals surface area contributed by atoms with Crippen molar-refractivity contribution in [2.45, 2.75) is 33.0 Å². The minimum Gasteiger partial charge on any atom is -0.356 e. The molecule has 0 aliphatic heterocycles. The van der Waals surface area contributed by atoms with E-state index in [1.165, 1.54) is 15.8 Å². The van der Waals surface area contributed by atoms with Crippen LogP contribution >= 0.6 is 35.3 Å². The molecular formula is C22H28IN7S. The number of fused-ring (bicyclic) bond motifs is 1. The third kappa shape index (κ3) is 6.07. The first-order valence-electron chi connectivity index (χ1n) is 10.1. The average Bonchev–Trinajstić information content (AvgIpc) is 3.49. The van der Waals surface area contributed by atoms with Gasteiger partial charge in [0.2, 0.25) is 0 Å². The van der Waals surface area contributed by atoms with Crippen LogP contribution in [0.5, 0.6) is 0 Å². The fraction of sp³-hybridized carbons (Fsp3) is 0.318. The molecule has 0 saturated heterocycles. The minimum absolute atomic E-state index is 0. The Hall–Kier alpha value is -2.40. The van der Waals surface area contributed by atoms with Gasteiger partial charge in [-0.05, 0) is 42.3 Å². The molecule has 0 amide bonds. The van der Waals surface area contributed by atoms with Crippen molar-refractivity contribution in [1.82, 2.24) is 30.0 Å². The molecule has 0 saturated carbocycles. The number of hydrogen-bond donors (Lipinski definition) is 2. The highest BCUT2D eigenvalue weighted by Crippen LogP contribution is 2.15. The number of halogens is 1. The van der Waals surface area contributed by atoms with Gasteiger partial charge in [-0.2, -0.15) is 0 Å². The second-order valence-corrected chi connectivity index (χ2v) is 8.20. The molecule has 0 aliphatic rings. The monoisotopic (exact) mass is 549 g/mol. The molecule has 1 aromatic carbocycles. The second kappa shape index (κ2) is 11.3. The molecule has 0 fully saturated rings. The van der Waals surface area contributed by atoms with Crippen LogP contribution in [0.2, 0.25) is 0 Å².